The smallest absolute Gasteiger partial charge is 0.344 e. The van der Waals surface area contributed by atoms with Gasteiger partial charge in [-0.3, -0.25) is 4.79 Å². The molecule has 7 heteroatoms. The molecule has 0 spiro atoms. The van der Waals surface area contributed by atoms with Crippen LogP contribution >= 0.6 is 0 Å². The van der Waals surface area contributed by atoms with Crippen LogP contribution in [-0.2, 0) is 0 Å². The fourth-order valence-electron chi connectivity index (χ4n) is 4.13. The second kappa shape index (κ2) is 7.91. The predicted molar refractivity (Wildman–Crippen MR) is 116 cm³/mol. The summed E-state index contributed by atoms with van der Waals surface area (Å²) in [6.07, 6.45) is 0.942. The predicted octanol–water partition coefficient (Wildman–Crippen LogP) is 4.87. The molecule has 0 bridgehead atoms. The second-order valence-corrected chi connectivity index (χ2v) is 8.12. The van der Waals surface area contributed by atoms with Crippen LogP contribution in [0.15, 0.2) is 65.1 Å². The highest BCUT2D eigenvalue weighted by molar-refractivity contribution is 5.93. The molecule has 3 heterocycles. The average Bonchev–Trinajstić information content (AvgIpc) is 3.49. The van der Waals surface area contributed by atoms with Crippen LogP contribution in [0.5, 0.6) is 11.8 Å². The van der Waals surface area contributed by atoms with Gasteiger partial charge in [-0.25, -0.2) is 0 Å². The number of aromatic nitrogens is 3. The molecule has 2 aromatic heterocycles. The fourth-order valence-corrected chi connectivity index (χ4v) is 4.13. The van der Waals surface area contributed by atoms with Crippen LogP contribution in [0, 0.1) is 0 Å². The van der Waals surface area contributed by atoms with Gasteiger partial charge in [-0.1, -0.05) is 62.4 Å². The highest BCUT2D eigenvalue weighted by Crippen LogP contribution is 2.31. The van der Waals surface area contributed by atoms with Crippen LogP contribution in [-0.4, -0.2) is 38.5 Å². The molecule has 1 unspecified atom stereocenters. The number of fused-ring (bicyclic) bond motifs is 1. The Morgan fingerprint density at radius 1 is 1.10 bits per heavy atom. The largest absolute Gasteiger partial charge is 0.423 e. The van der Waals surface area contributed by atoms with Gasteiger partial charge in [0.2, 0.25) is 5.76 Å². The van der Waals surface area contributed by atoms with Crippen LogP contribution in [0.1, 0.15) is 53.9 Å². The Bertz CT molecular complexity index is 1200. The van der Waals surface area contributed by atoms with Crippen LogP contribution in [0.2, 0.25) is 0 Å². The summed E-state index contributed by atoms with van der Waals surface area (Å²) >= 11 is 0. The molecule has 0 N–H and O–H groups in total. The minimum atomic E-state index is -0.111. The molecule has 1 aliphatic heterocycles. The fraction of sp³-hybridized carbons (Fsp3) is 0.292. The van der Waals surface area contributed by atoms with Gasteiger partial charge in [-0.15, -0.1) is 10.1 Å². The summed E-state index contributed by atoms with van der Waals surface area (Å²) in [4.78, 5) is 19.5. The van der Waals surface area contributed by atoms with E-state index >= 15 is 0 Å². The minimum absolute atomic E-state index is 0.0269. The van der Waals surface area contributed by atoms with Gasteiger partial charge in [0, 0.05) is 19.0 Å². The Morgan fingerprint density at radius 2 is 1.81 bits per heavy atom. The van der Waals surface area contributed by atoms with E-state index in [4.69, 9.17) is 9.15 Å². The van der Waals surface area contributed by atoms with Crippen molar-refractivity contribution in [2.45, 2.75) is 32.1 Å². The molecule has 1 amide bonds. The molecule has 31 heavy (non-hydrogen) atoms. The maximum atomic E-state index is 13.3. The molecule has 1 aliphatic rings. The number of carbonyl (C=O) groups excluding carboxylic acids is 1. The van der Waals surface area contributed by atoms with E-state index in [1.807, 2.05) is 67.3 Å². The molecule has 158 valence electrons. The number of amides is 1. The monoisotopic (exact) mass is 416 g/mol. The van der Waals surface area contributed by atoms with E-state index in [0.717, 1.165) is 6.42 Å². The van der Waals surface area contributed by atoms with Crippen molar-refractivity contribution < 1.29 is 13.9 Å². The van der Waals surface area contributed by atoms with E-state index in [2.05, 4.69) is 22.2 Å². The van der Waals surface area contributed by atoms with Crippen molar-refractivity contribution in [3.63, 3.8) is 0 Å². The van der Waals surface area contributed by atoms with Gasteiger partial charge >= 0.3 is 11.9 Å². The normalized spacial score (nSPS) is 16.4. The summed E-state index contributed by atoms with van der Waals surface area (Å²) < 4.78 is 13.2. The Balaban J connectivity index is 1.41. The molecule has 0 aliphatic carbocycles. The van der Waals surface area contributed by atoms with E-state index in [1.165, 1.54) is 5.56 Å². The quantitative estimate of drug-likeness (QED) is 0.464. The van der Waals surface area contributed by atoms with Gasteiger partial charge in [0.1, 0.15) is 5.75 Å². The standard InChI is InChI=1S/C24H24N4O3/c1-16(2)20-21(22(29)27-14-13-18(15-27)17-9-5-3-6-10-17)31-24-25-23(26-28(20)24)30-19-11-7-4-8-12-19/h3-12,16,18H,13-15H2,1-2H3. The van der Waals surface area contributed by atoms with Crippen molar-refractivity contribution in [3.8, 4) is 11.8 Å². The lowest BCUT2D eigenvalue weighted by molar-refractivity contribution is 0.0759. The van der Waals surface area contributed by atoms with E-state index < -0.39 is 0 Å². The number of para-hydroxylation sites is 1. The first-order chi connectivity index (χ1) is 15.1. The third-order valence-corrected chi connectivity index (χ3v) is 5.65. The van der Waals surface area contributed by atoms with Gasteiger partial charge < -0.3 is 14.1 Å². The lowest BCUT2D eigenvalue weighted by Crippen LogP contribution is -2.29. The van der Waals surface area contributed by atoms with Gasteiger partial charge in [0.05, 0.1) is 5.69 Å². The number of hydrogen-bond acceptors (Lipinski definition) is 5. The molecule has 0 radical (unpaired) electrons. The minimum Gasteiger partial charge on any atom is -0.423 e. The second-order valence-electron chi connectivity index (χ2n) is 8.12. The molecule has 1 atom stereocenters. The SMILES string of the molecule is CC(C)c1c(C(=O)N2CCC(c3ccccc3)C2)oc2nc(Oc3ccccc3)nn12. The Morgan fingerprint density at radius 3 is 2.52 bits per heavy atom. The summed E-state index contributed by atoms with van der Waals surface area (Å²) in [5.41, 5.74) is 1.97. The molecule has 1 fully saturated rings. The maximum Gasteiger partial charge on any atom is 0.344 e. The lowest BCUT2D eigenvalue weighted by atomic mass is 9.99. The van der Waals surface area contributed by atoms with Gasteiger partial charge in [-0.05, 0) is 30.0 Å². The first-order valence-electron chi connectivity index (χ1n) is 10.6. The number of likely N-dealkylation sites (tertiary alicyclic amines) is 1. The number of ether oxygens (including phenoxy) is 1. The highest BCUT2D eigenvalue weighted by Gasteiger charge is 2.33. The lowest BCUT2D eigenvalue weighted by Gasteiger charge is -2.16. The maximum absolute atomic E-state index is 13.3. The first-order valence-corrected chi connectivity index (χ1v) is 10.6. The van der Waals surface area contributed by atoms with E-state index in [-0.39, 0.29) is 23.7 Å². The summed E-state index contributed by atoms with van der Waals surface area (Å²) in [6.45, 7) is 5.41. The van der Waals surface area contributed by atoms with Crippen LogP contribution < -0.4 is 4.74 Å². The summed E-state index contributed by atoms with van der Waals surface area (Å²) in [5, 5.41) is 4.44. The van der Waals surface area contributed by atoms with Crippen LogP contribution in [0.3, 0.4) is 0 Å². The molecule has 0 saturated carbocycles. The van der Waals surface area contributed by atoms with Crippen LogP contribution in [0.4, 0.5) is 0 Å². The molecule has 5 rings (SSSR count). The first kappa shape index (κ1) is 19.4. The van der Waals surface area contributed by atoms with Gasteiger partial charge in [0.15, 0.2) is 0 Å². The van der Waals surface area contributed by atoms with Crippen LogP contribution in [0.25, 0.3) is 5.84 Å². The number of hydrogen-bond donors (Lipinski definition) is 0. The third kappa shape index (κ3) is 3.67. The number of oxazole rings is 1. The zero-order valence-electron chi connectivity index (χ0n) is 17.6. The zero-order chi connectivity index (χ0) is 21.4. The van der Waals surface area contributed by atoms with Crippen molar-refractivity contribution in [2.24, 2.45) is 0 Å². The van der Waals surface area contributed by atoms with E-state index in [0.29, 0.717) is 36.2 Å². The Labute approximate surface area is 180 Å². The molecular weight excluding hydrogens is 392 g/mol. The Hall–Kier alpha value is -3.61. The van der Waals surface area contributed by atoms with Crippen molar-refractivity contribution in [3.05, 3.63) is 77.7 Å². The molecular formula is C24H24N4O3. The van der Waals surface area contributed by atoms with Gasteiger partial charge in [-0.2, -0.15) is 4.52 Å². The number of rotatable bonds is 5. The topological polar surface area (TPSA) is 72.9 Å². The third-order valence-electron chi connectivity index (χ3n) is 5.65. The van der Waals surface area contributed by atoms with Crippen molar-refractivity contribution in [1.29, 1.82) is 0 Å². The van der Waals surface area contributed by atoms with E-state index in [1.54, 1.807) is 4.52 Å². The Kier molecular flexibility index (Phi) is 4.94. The van der Waals surface area contributed by atoms with Crippen molar-refractivity contribution in [1.82, 2.24) is 19.5 Å². The van der Waals surface area contributed by atoms with Crippen molar-refractivity contribution in [2.75, 3.05) is 13.1 Å². The number of nitrogens with zero attached hydrogens (tertiary/aromatic N) is 4. The molecule has 1 saturated heterocycles. The summed E-state index contributed by atoms with van der Waals surface area (Å²) in [5.74, 6) is 1.47. The summed E-state index contributed by atoms with van der Waals surface area (Å²) in [7, 11) is 0. The number of benzene rings is 2. The zero-order valence-corrected chi connectivity index (χ0v) is 17.6. The van der Waals surface area contributed by atoms with Gasteiger partial charge in [0.25, 0.3) is 5.91 Å². The molecule has 7 nitrogen and oxygen atoms in total. The van der Waals surface area contributed by atoms with E-state index in [9.17, 15) is 4.79 Å². The average molecular weight is 416 g/mol. The molecule has 2 aromatic carbocycles. The highest BCUT2D eigenvalue weighted by atomic mass is 16.5. The molecule has 4 aromatic rings. The van der Waals surface area contributed by atoms with Crippen molar-refractivity contribution >= 4 is 11.8 Å². The summed E-state index contributed by atoms with van der Waals surface area (Å²) in [6, 6.07) is 19.9. The number of carbonyl (C=O) groups is 1.